The lowest BCUT2D eigenvalue weighted by Gasteiger charge is -2.22. The third-order valence-corrected chi connectivity index (χ3v) is 5.63. The Hall–Kier alpha value is -2.74. The summed E-state index contributed by atoms with van der Waals surface area (Å²) in [6.07, 6.45) is 0. The number of carbonyl (C=O) groups excluding carboxylic acids is 2. The first kappa shape index (κ1) is 16.1. The number of benzene rings is 2. The highest BCUT2D eigenvalue weighted by Crippen LogP contribution is 2.31. The van der Waals surface area contributed by atoms with Crippen molar-refractivity contribution in [2.24, 2.45) is 0 Å². The molecule has 0 radical (unpaired) electrons. The summed E-state index contributed by atoms with van der Waals surface area (Å²) in [6.45, 7) is 1.28. The van der Waals surface area contributed by atoms with Gasteiger partial charge in [0.2, 0.25) is 5.91 Å². The van der Waals surface area contributed by atoms with Gasteiger partial charge < -0.3 is 5.32 Å². The summed E-state index contributed by atoms with van der Waals surface area (Å²) in [6, 6.07) is 9.89. The highest BCUT2D eigenvalue weighted by molar-refractivity contribution is 7.90. The van der Waals surface area contributed by atoms with Crippen molar-refractivity contribution in [3.05, 3.63) is 59.9 Å². The van der Waals surface area contributed by atoms with Gasteiger partial charge in [0.05, 0.1) is 11.3 Å². The molecule has 8 heteroatoms. The quantitative estimate of drug-likeness (QED) is 0.919. The second-order valence-corrected chi connectivity index (χ2v) is 7.03. The topological polar surface area (TPSA) is 83.6 Å². The molecule has 3 rings (SSSR count). The zero-order valence-corrected chi connectivity index (χ0v) is 13.4. The Bertz CT molecular complexity index is 943. The minimum atomic E-state index is -4.11. The molecule has 0 saturated heterocycles. The van der Waals surface area contributed by atoms with Crippen LogP contribution in [0.1, 0.15) is 17.3 Å². The lowest BCUT2D eigenvalue weighted by atomic mass is 10.2. The van der Waals surface area contributed by atoms with Gasteiger partial charge in [-0.2, -0.15) is 0 Å². The number of hydrogen-bond acceptors (Lipinski definition) is 4. The summed E-state index contributed by atoms with van der Waals surface area (Å²) >= 11 is 0. The summed E-state index contributed by atoms with van der Waals surface area (Å²) in [5, 5.41) is 2.30. The second kappa shape index (κ2) is 5.72. The van der Waals surface area contributed by atoms with Crippen molar-refractivity contribution in [3.63, 3.8) is 0 Å². The lowest BCUT2D eigenvalue weighted by Crippen LogP contribution is -2.45. The van der Waals surface area contributed by atoms with E-state index in [4.69, 9.17) is 0 Å². The van der Waals surface area contributed by atoms with Crippen molar-refractivity contribution in [1.82, 2.24) is 4.31 Å². The van der Waals surface area contributed by atoms with Crippen LogP contribution in [0.5, 0.6) is 0 Å². The first-order chi connectivity index (χ1) is 11.3. The average molecular weight is 348 g/mol. The van der Waals surface area contributed by atoms with E-state index >= 15 is 0 Å². The van der Waals surface area contributed by atoms with Gasteiger partial charge >= 0.3 is 0 Å². The van der Waals surface area contributed by atoms with E-state index in [2.05, 4.69) is 5.32 Å². The number of carbonyl (C=O) groups is 2. The van der Waals surface area contributed by atoms with Gasteiger partial charge in [-0.1, -0.05) is 24.3 Å². The van der Waals surface area contributed by atoms with Gasteiger partial charge in [-0.05, 0) is 31.2 Å². The maximum absolute atomic E-state index is 13.6. The maximum atomic E-state index is 13.6. The second-order valence-electron chi connectivity index (χ2n) is 5.25. The fraction of sp³-hybridized carbons (Fsp3) is 0.125. The molecule has 1 atom stereocenters. The van der Waals surface area contributed by atoms with E-state index in [-0.39, 0.29) is 16.1 Å². The molecule has 0 aliphatic carbocycles. The Morgan fingerprint density at radius 1 is 1.12 bits per heavy atom. The van der Waals surface area contributed by atoms with E-state index in [1.165, 1.54) is 43.3 Å². The number of sulfonamides is 1. The van der Waals surface area contributed by atoms with E-state index < -0.39 is 33.7 Å². The standard InChI is InChI=1S/C16H13FN2O4S/c1-10(15(20)18-13-8-4-3-7-12(13)17)19-16(21)11-6-2-5-9-14(11)24(19,22)23/h2-10H,1H3,(H,18,20)/t10-/m1/s1. The van der Waals surface area contributed by atoms with E-state index in [9.17, 15) is 22.4 Å². The Labute approximate surface area is 138 Å². The molecule has 0 fully saturated rings. The normalized spacial score (nSPS) is 16.6. The fourth-order valence-electron chi connectivity index (χ4n) is 2.49. The van der Waals surface area contributed by atoms with Crippen LogP contribution in [0, 0.1) is 5.82 Å². The van der Waals surface area contributed by atoms with Crippen molar-refractivity contribution in [3.8, 4) is 0 Å². The summed E-state index contributed by atoms with van der Waals surface area (Å²) in [5.74, 6) is -2.23. The largest absolute Gasteiger partial charge is 0.322 e. The first-order valence-electron chi connectivity index (χ1n) is 7.07. The van der Waals surface area contributed by atoms with E-state index in [1.54, 1.807) is 6.07 Å². The number of hydrogen-bond donors (Lipinski definition) is 1. The minimum absolute atomic E-state index is 0.0167. The molecule has 1 aliphatic heterocycles. The molecule has 1 N–H and O–H groups in total. The van der Waals surface area contributed by atoms with Gasteiger partial charge in [-0.25, -0.2) is 17.1 Å². The van der Waals surface area contributed by atoms with E-state index in [1.807, 2.05) is 0 Å². The van der Waals surface area contributed by atoms with Crippen LogP contribution in [0.4, 0.5) is 10.1 Å². The fourth-order valence-corrected chi connectivity index (χ4v) is 4.22. The Kier molecular flexibility index (Phi) is 3.84. The maximum Gasteiger partial charge on any atom is 0.269 e. The third-order valence-electron chi connectivity index (χ3n) is 3.72. The van der Waals surface area contributed by atoms with Crippen LogP contribution in [-0.2, 0) is 14.8 Å². The molecule has 2 aromatic rings. The SMILES string of the molecule is C[C@H](C(=O)Nc1ccccc1F)N1C(=O)c2ccccc2S1(=O)=O. The number of nitrogens with one attached hydrogen (secondary N) is 1. The molecule has 0 unspecified atom stereocenters. The predicted molar refractivity (Wildman–Crippen MR) is 84.3 cm³/mol. The first-order valence-corrected chi connectivity index (χ1v) is 8.51. The van der Waals surface area contributed by atoms with Crippen molar-refractivity contribution in [2.75, 3.05) is 5.32 Å². The number of anilines is 1. The Morgan fingerprint density at radius 2 is 1.75 bits per heavy atom. The molecule has 0 spiro atoms. The monoisotopic (exact) mass is 348 g/mol. The average Bonchev–Trinajstić information content (AvgIpc) is 2.76. The zero-order chi connectivity index (χ0) is 17.5. The van der Waals surface area contributed by atoms with Gasteiger partial charge in [0.15, 0.2) is 0 Å². The molecule has 1 heterocycles. The molecule has 2 amide bonds. The zero-order valence-electron chi connectivity index (χ0n) is 12.6. The van der Waals surface area contributed by atoms with Crippen LogP contribution < -0.4 is 5.32 Å². The molecule has 6 nitrogen and oxygen atoms in total. The smallest absolute Gasteiger partial charge is 0.269 e. The van der Waals surface area contributed by atoms with Crippen LogP contribution >= 0.6 is 0 Å². The summed E-state index contributed by atoms with van der Waals surface area (Å²) in [5.41, 5.74) is -0.0704. The molecule has 0 aromatic heterocycles. The number of para-hydroxylation sites is 1. The number of amides is 2. The predicted octanol–water partition coefficient (Wildman–Crippen LogP) is 2.00. The molecular formula is C16H13FN2O4S. The molecule has 0 saturated carbocycles. The number of nitrogens with zero attached hydrogens (tertiary/aromatic N) is 1. The molecular weight excluding hydrogens is 335 g/mol. The van der Waals surface area contributed by atoms with Gasteiger partial charge in [-0.15, -0.1) is 0 Å². The highest BCUT2D eigenvalue weighted by Gasteiger charge is 2.45. The molecule has 124 valence electrons. The van der Waals surface area contributed by atoms with E-state index in [0.717, 1.165) is 6.07 Å². The summed E-state index contributed by atoms with van der Waals surface area (Å²) in [7, 11) is -4.11. The van der Waals surface area contributed by atoms with Crippen molar-refractivity contribution < 1.29 is 22.4 Å². The van der Waals surface area contributed by atoms with Crippen molar-refractivity contribution >= 4 is 27.5 Å². The highest BCUT2D eigenvalue weighted by atomic mass is 32.2. The summed E-state index contributed by atoms with van der Waals surface area (Å²) in [4.78, 5) is 24.5. The van der Waals surface area contributed by atoms with Gasteiger partial charge in [0.25, 0.3) is 15.9 Å². The number of rotatable bonds is 3. The van der Waals surface area contributed by atoms with Crippen molar-refractivity contribution in [1.29, 1.82) is 0 Å². The van der Waals surface area contributed by atoms with Crippen LogP contribution in [0.25, 0.3) is 0 Å². The van der Waals surface area contributed by atoms with Gasteiger partial charge in [-0.3, -0.25) is 9.59 Å². The van der Waals surface area contributed by atoms with Crippen molar-refractivity contribution in [2.45, 2.75) is 17.9 Å². The molecule has 1 aliphatic rings. The van der Waals surface area contributed by atoms with Crippen LogP contribution in [-0.4, -0.2) is 30.6 Å². The van der Waals surface area contributed by atoms with Gasteiger partial charge in [0.1, 0.15) is 16.8 Å². The summed E-state index contributed by atoms with van der Waals surface area (Å²) < 4.78 is 39.2. The number of fused-ring (bicyclic) bond motifs is 1. The molecule has 2 aromatic carbocycles. The molecule has 24 heavy (non-hydrogen) atoms. The number of halogens is 1. The lowest BCUT2D eigenvalue weighted by molar-refractivity contribution is -0.118. The third kappa shape index (κ3) is 2.44. The Balaban J connectivity index is 1.91. The van der Waals surface area contributed by atoms with Crippen LogP contribution in [0.15, 0.2) is 53.4 Å². The van der Waals surface area contributed by atoms with Crippen LogP contribution in [0.2, 0.25) is 0 Å². The van der Waals surface area contributed by atoms with Crippen LogP contribution in [0.3, 0.4) is 0 Å². The molecule has 0 bridgehead atoms. The van der Waals surface area contributed by atoms with E-state index in [0.29, 0.717) is 4.31 Å². The Morgan fingerprint density at radius 3 is 2.42 bits per heavy atom. The minimum Gasteiger partial charge on any atom is -0.322 e. The van der Waals surface area contributed by atoms with Gasteiger partial charge in [0, 0.05) is 0 Å².